The highest BCUT2D eigenvalue weighted by Gasteiger charge is 2.38. The first kappa shape index (κ1) is 30.4. The zero-order valence-corrected chi connectivity index (χ0v) is 22.6. The lowest BCUT2D eigenvalue weighted by Crippen LogP contribution is -2.35. The number of rotatable bonds is 7. The lowest BCUT2D eigenvalue weighted by atomic mass is 10.1. The van der Waals surface area contributed by atoms with Gasteiger partial charge < -0.3 is 10.0 Å². The number of carbonyl (C=O) groups is 1. The Labute approximate surface area is 226 Å². The van der Waals surface area contributed by atoms with Gasteiger partial charge in [-0.1, -0.05) is 30.3 Å². The fourth-order valence-electron chi connectivity index (χ4n) is 4.22. The van der Waals surface area contributed by atoms with Gasteiger partial charge in [-0.15, -0.1) is 11.3 Å². The van der Waals surface area contributed by atoms with Crippen molar-refractivity contribution in [3.05, 3.63) is 75.7 Å². The largest absolute Gasteiger partial charge is 0.490 e. The molecular weight excluding hydrogens is 565 g/mol. The molecule has 1 fully saturated rings. The summed E-state index contributed by atoms with van der Waals surface area (Å²) in [6, 6.07) is 11.4. The third-order valence-corrected chi connectivity index (χ3v) is 8.50. The van der Waals surface area contributed by atoms with E-state index in [0.717, 1.165) is 32.1 Å². The molecule has 0 aliphatic carbocycles. The van der Waals surface area contributed by atoms with E-state index < -0.39 is 44.3 Å². The van der Waals surface area contributed by atoms with Crippen LogP contribution in [0.15, 0.2) is 52.2 Å². The maximum Gasteiger partial charge on any atom is 0.490 e. The van der Waals surface area contributed by atoms with Gasteiger partial charge >= 0.3 is 12.1 Å². The minimum atomic E-state index is -5.08. The van der Waals surface area contributed by atoms with Gasteiger partial charge in [0, 0.05) is 49.4 Å². The van der Waals surface area contributed by atoms with Crippen molar-refractivity contribution in [1.29, 1.82) is 0 Å². The van der Waals surface area contributed by atoms with Gasteiger partial charge in [0.2, 0.25) is 0 Å². The Kier molecular flexibility index (Phi) is 9.67. The van der Waals surface area contributed by atoms with Gasteiger partial charge in [0.1, 0.15) is 16.5 Å². The Balaban J connectivity index is 0.000000532. The number of likely N-dealkylation sites (N-methyl/N-ethyl adjacent to an activating group) is 1. The van der Waals surface area contributed by atoms with Gasteiger partial charge in [-0.05, 0) is 25.0 Å². The van der Waals surface area contributed by atoms with Crippen LogP contribution in [0.4, 0.5) is 27.6 Å². The fraction of sp³-hybridized carbons (Fsp3) is 0.360. The maximum atomic E-state index is 15.2. The second-order valence-electron chi connectivity index (χ2n) is 8.96. The number of hydrogen-bond acceptors (Lipinski definition) is 7. The van der Waals surface area contributed by atoms with Crippen LogP contribution >= 0.6 is 11.3 Å². The normalized spacial score (nSPS) is 16.0. The fourth-order valence-corrected chi connectivity index (χ4v) is 6.36. The van der Waals surface area contributed by atoms with Crippen LogP contribution in [0.5, 0.6) is 0 Å². The molecule has 0 bridgehead atoms. The first-order valence-electron chi connectivity index (χ1n) is 11.6. The molecule has 0 saturated carbocycles. The number of likely N-dealkylation sites (tertiary alicyclic amines) is 1. The van der Waals surface area contributed by atoms with Crippen molar-refractivity contribution in [2.75, 3.05) is 25.0 Å². The second kappa shape index (κ2) is 12.4. The molecule has 2 heterocycles. The Hall–Kier alpha value is -3.10. The zero-order valence-electron chi connectivity index (χ0n) is 21.0. The standard InChI is InChI=1S/C23H25F2N3O2S2.C2HF3O2/c1-16-21(27(2)19-8-9-28(12-19)11-17-6-4-3-5-7-17)10-20(24)23(22(16)25)32(29,30)14-18-13-31-15-26-18;3-2(4,5)1(6)7/h3-7,10,13,15,19H,8-9,11-12,14H2,1-2H3;(H,6,7). The number of anilines is 1. The Morgan fingerprint density at radius 1 is 1.23 bits per heavy atom. The van der Waals surface area contributed by atoms with Gasteiger partial charge in [-0.2, -0.15) is 13.2 Å². The smallest absolute Gasteiger partial charge is 0.475 e. The molecule has 39 heavy (non-hydrogen) atoms. The number of carboxylic acid groups (broad SMARTS) is 1. The molecule has 0 amide bonds. The highest BCUT2D eigenvalue weighted by atomic mass is 32.2. The van der Waals surface area contributed by atoms with Crippen molar-refractivity contribution in [1.82, 2.24) is 9.88 Å². The van der Waals surface area contributed by atoms with Crippen LogP contribution in [0.25, 0.3) is 0 Å². The predicted octanol–water partition coefficient (Wildman–Crippen LogP) is 5.05. The molecule has 14 heteroatoms. The molecular formula is C25H26F5N3O4S2. The molecule has 0 radical (unpaired) electrons. The molecule has 3 aromatic rings. The first-order chi connectivity index (χ1) is 18.2. The molecule has 4 rings (SSSR count). The van der Waals surface area contributed by atoms with Crippen LogP contribution in [-0.2, 0) is 26.9 Å². The van der Waals surface area contributed by atoms with Crippen molar-refractivity contribution in [2.24, 2.45) is 0 Å². The van der Waals surface area contributed by atoms with Crippen molar-refractivity contribution >= 4 is 32.8 Å². The van der Waals surface area contributed by atoms with Crippen LogP contribution in [0.2, 0.25) is 0 Å². The SMILES string of the molecule is Cc1c(N(C)C2CCN(Cc3ccccc3)C2)cc(F)c(S(=O)(=O)Cc2cscn2)c1F.O=C(O)C(F)(F)F. The van der Waals surface area contributed by atoms with Crippen molar-refractivity contribution in [2.45, 2.75) is 42.8 Å². The number of aliphatic carboxylic acids is 1. The molecule has 7 nitrogen and oxygen atoms in total. The Morgan fingerprint density at radius 3 is 2.44 bits per heavy atom. The predicted molar refractivity (Wildman–Crippen MR) is 136 cm³/mol. The minimum Gasteiger partial charge on any atom is -0.475 e. The van der Waals surface area contributed by atoms with Crippen molar-refractivity contribution in [3.63, 3.8) is 0 Å². The summed E-state index contributed by atoms with van der Waals surface area (Å²) in [5.41, 5.74) is 3.49. The third kappa shape index (κ3) is 7.73. The number of hydrogen-bond donors (Lipinski definition) is 1. The summed E-state index contributed by atoms with van der Waals surface area (Å²) >= 11 is 1.23. The third-order valence-electron chi connectivity index (χ3n) is 6.19. The summed E-state index contributed by atoms with van der Waals surface area (Å²) in [6.07, 6.45) is -4.23. The molecule has 0 spiro atoms. The van der Waals surface area contributed by atoms with E-state index in [1.54, 1.807) is 12.4 Å². The summed E-state index contributed by atoms with van der Waals surface area (Å²) in [7, 11) is -2.40. The maximum absolute atomic E-state index is 15.2. The summed E-state index contributed by atoms with van der Waals surface area (Å²) in [5.74, 6) is -5.38. The summed E-state index contributed by atoms with van der Waals surface area (Å²) < 4.78 is 87.3. The summed E-state index contributed by atoms with van der Waals surface area (Å²) in [4.78, 5) is 16.1. The van der Waals surface area contributed by atoms with Crippen LogP contribution in [0.3, 0.4) is 0 Å². The number of sulfone groups is 1. The second-order valence-corrected chi connectivity index (χ2v) is 11.6. The van der Waals surface area contributed by atoms with Crippen LogP contribution in [-0.4, -0.2) is 61.7 Å². The van der Waals surface area contributed by atoms with Gasteiger partial charge in [0.15, 0.2) is 9.84 Å². The van der Waals surface area contributed by atoms with E-state index in [9.17, 15) is 26.0 Å². The topological polar surface area (TPSA) is 90.8 Å². The monoisotopic (exact) mass is 591 g/mol. The van der Waals surface area contributed by atoms with E-state index in [-0.39, 0.29) is 17.3 Å². The van der Waals surface area contributed by atoms with Gasteiger partial charge in [0.25, 0.3) is 0 Å². The molecule has 1 unspecified atom stereocenters. The highest BCUT2D eigenvalue weighted by molar-refractivity contribution is 7.90. The van der Waals surface area contributed by atoms with Crippen molar-refractivity contribution in [3.8, 4) is 0 Å². The number of thiazole rings is 1. The summed E-state index contributed by atoms with van der Waals surface area (Å²) in [5, 5.41) is 8.68. The van der Waals surface area contributed by atoms with Gasteiger partial charge in [-0.25, -0.2) is 27.0 Å². The van der Waals surface area contributed by atoms with Gasteiger partial charge in [-0.3, -0.25) is 4.90 Å². The van der Waals surface area contributed by atoms with E-state index in [1.807, 2.05) is 23.1 Å². The average molecular weight is 592 g/mol. The minimum absolute atomic E-state index is 0.0775. The molecule has 2 aromatic carbocycles. The first-order valence-corrected chi connectivity index (χ1v) is 14.2. The molecule has 212 valence electrons. The van der Waals surface area contributed by atoms with Crippen LogP contribution in [0.1, 0.15) is 23.2 Å². The number of benzene rings is 2. The van der Waals surface area contributed by atoms with E-state index in [2.05, 4.69) is 22.0 Å². The number of halogens is 5. The van der Waals surface area contributed by atoms with E-state index >= 15 is 4.39 Å². The Morgan fingerprint density at radius 2 is 1.87 bits per heavy atom. The zero-order chi connectivity index (χ0) is 29.0. The van der Waals surface area contributed by atoms with Crippen LogP contribution < -0.4 is 4.90 Å². The summed E-state index contributed by atoms with van der Waals surface area (Å²) in [6.45, 7) is 3.96. The molecule has 1 aliphatic heterocycles. The lowest BCUT2D eigenvalue weighted by molar-refractivity contribution is -0.192. The number of alkyl halides is 3. The molecule has 1 N–H and O–H groups in total. The van der Waals surface area contributed by atoms with Gasteiger partial charge in [0.05, 0.1) is 17.0 Å². The van der Waals surface area contributed by atoms with Crippen molar-refractivity contribution < 1.29 is 40.3 Å². The molecule has 1 atom stereocenters. The van der Waals surface area contributed by atoms with E-state index in [4.69, 9.17) is 9.90 Å². The van der Waals surface area contributed by atoms with Crippen LogP contribution in [0, 0.1) is 18.6 Å². The number of aromatic nitrogens is 1. The molecule has 1 saturated heterocycles. The van der Waals surface area contributed by atoms with E-state index in [1.165, 1.54) is 29.3 Å². The van der Waals surface area contributed by atoms with E-state index in [0.29, 0.717) is 5.69 Å². The quantitative estimate of drug-likeness (QED) is 0.385. The number of nitrogens with zero attached hydrogens (tertiary/aromatic N) is 3. The molecule has 1 aromatic heterocycles. The highest BCUT2D eigenvalue weighted by Crippen LogP contribution is 2.33. The lowest BCUT2D eigenvalue weighted by Gasteiger charge is -2.29. The number of carboxylic acids is 1. The Bertz CT molecular complexity index is 1380. The molecule has 1 aliphatic rings. The average Bonchev–Trinajstić information content (AvgIpc) is 3.53.